The quantitative estimate of drug-likeness (QED) is 0.528. The van der Waals surface area contributed by atoms with E-state index in [1.54, 1.807) is 0 Å². The first-order chi connectivity index (χ1) is 5.37. The van der Waals surface area contributed by atoms with Gasteiger partial charge in [0.05, 0.1) is 4.75 Å². The molecule has 0 aromatic rings. The van der Waals surface area contributed by atoms with Crippen molar-refractivity contribution in [3.05, 3.63) is 11.6 Å². The van der Waals surface area contributed by atoms with Gasteiger partial charge in [-0.25, -0.2) is 8.42 Å². The maximum absolute atomic E-state index is 11.1. The van der Waals surface area contributed by atoms with Crippen LogP contribution in [0.1, 0.15) is 33.1 Å². The van der Waals surface area contributed by atoms with Crippen molar-refractivity contribution in [1.82, 2.24) is 0 Å². The Morgan fingerprint density at radius 2 is 2.00 bits per heavy atom. The van der Waals surface area contributed by atoms with Gasteiger partial charge in [0.15, 0.2) is 0 Å². The summed E-state index contributed by atoms with van der Waals surface area (Å²) in [6, 6.07) is 0. The summed E-state index contributed by atoms with van der Waals surface area (Å²) in [4.78, 5) is 0. The molecule has 0 N–H and O–H groups in total. The van der Waals surface area contributed by atoms with Gasteiger partial charge in [0.2, 0.25) is 9.05 Å². The highest BCUT2D eigenvalue weighted by molar-refractivity contribution is 8.15. The van der Waals surface area contributed by atoms with Crippen LogP contribution in [0.3, 0.4) is 0 Å². The van der Waals surface area contributed by atoms with E-state index in [0.29, 0.717) is 19.3 Å². The standard InChI is InChI=1S/C8H13ClO2S/c1-7(2)3-4-8(5-6-8)12(9,10)11/h3H,4-6H2,1-2H3. The average molecular weight is 209 g/mol. The first kappa shape index (κ1) is 10.1. The molecule has 0 heterocycles. The van der Waals surface area contributed by atoms with Crippen LogP contribution >= 0.6 is 10.7 Å². The summed E-state index contributed by atoms with van der Waals surface area (Å²) in [6.45, 7) is 3.91. The zero-order valence-electron chi connectivity index (χ0n) is 7.30. The van der Waals surface area contributed by atoms with E-state index < -0.39 is 13.8 Å². The highest BCUT2D eigenvalue weighted by Crippen LogP contribution is 2.48. The van der Waals surface area contributed by atoms with Crippen LogP contribution in [0.4, 0.5) is 0 Å². The molecule has 0 bridgehead atoms. The van der Waals surface area contributed by atoms with E-state index in [1.807, 2.05) is 19.9 Å². The molecule has 12 heavy (non-hydrogen) atoms. The molecule has 0 spiro atoms. The molecule has 4 heteroatoms. The van der Waals surface area contributed by atoms with Crippen molar-refractivity contribution in [3.8, 4) is 0 Å². The van der Waals surface area contributed by atoms with E-state index in [2.05, 4.69) is 0 Å². The van der Waals surface area contributed by atoms with Crippen LogP contribution in [0.2, 0.25) is 0 Å². The van der Waals surface area contributed by atoms with Gasteiger partial charge in [-0.1, -0.05) is 11.6 Å². The van der Waals surface area contributed by atoms with Crippen molar-refractivity contribution in [1.29, 1.82) is 0 Å². The van der Waals surface area contributed by atoms with E-state index in [0.717, 1.165) is 5.57 Å². The van der Waals surface area contributed by atoms with Crippen LogP contribution in [0.25, 0.3) is 0 Å². The molecular formula is C8H13ClO2S. The van der Waals surface area contributed by atoms with Gasteiger partial charge in [0, 0.05) is 10.7 Å². The second kappa shape index (κ2) is 3.04. The maximum Gasteiger partial charge on any atom is 0.238 e. The van der Waals surface area contributed by atoms with Gasteiger partial charge >= 0.3 is 0 Å². The lowest BCUT2D eigenvalue weighted by Gasteiger charge is -2.07. The summed E-state index contributed by atoms with van der Waals surface area (Å²) in [6.07, 6.45) is 3.93. The van der Waals surface area contributed by atoms with Gasteiger partial charge in [-0.15, -0.1) is 0 Å². The zero-order chi connectivity index (χ0) is 9.41. The number of allylic oxidation sites excluding steroid dienone is 2. The minimum Gasteiger partial charge on any atom is -0.212 e. The Kier molecular flexibility index (Phi) is 2.55. The van der Waals surface area contributed by atoms with Crippen LogP contribution in [0.5, 0.6) is 0 Å². The summed E-state index contributed by atoms with van der Waals surface area (Å²) < 4.78 is 21.5. The Labute approximate surface area is 78.0 Å². The highest BCUT2D eigenvalue weighted by Gasteiger charge is 2.52. The lowest BCUT2D eigenvalue weighted by Crippen LogP contribution is -2.16. The predicted molar refractivity (Wildman–Crippen MR) is 50.8 cm³/mol. The van der Waals surface area contributed by atoms with Crippen molar-refractivity contribution < 1.29 is 8.42 Å². The van der Waals surface area contributed by atoms with E-state index in [9.17, 15) is 8.42 Å². The highest BCUT2D eigenvalue weighted by atomic mass is 35.7. The van der Waals surface area contributed by atoms with Crippen LogP contribution in [0.15, 0.2) is 11.6 Å². The Hall–Kier alpha value is -0.0200. The molecular weight excluding hydrogens is 196 g/mol. The minimum atomic E-state index is -3.36. The molecule has 0 amide bonds. The molecule has 1 rings (SSSR count). The second-order valence-electron chi connectivity index (χ2n) is 3.61. The summed E-state index contributed by atoms with van der Waals surface area (Å²) >= 11 is 0. The normalized spacial score (nSPS) is 20.2. The van der Waals surface area contributed by atoms with Crippen LogP contribution in [-0.4, -0.2) is 13.2 Å². The van der Waals surface area contributed by atoms with Crippen molar-refractivity contribution in [3.63, 3.8) is 0 Å². The van der Waals surface area contributed by atoms with Gasteiger partial charge in [0.1, 0.15) is 0 Å². The average Bonchev–Trinajstić information content (AvgIpc) is 2.60. The molecule has 1 fully saturated rings. The SMILES string of the molecule is CC(C)=CCC1(S(=O)(=O)Cl)CC1. The molecule has 0 unspecified atom stereocenters. The smallest absolute Gasteiger partial charge is 0.212 e. The summed E-state index contributed by atoms with van der Waals surface area (Å²) in [5.41, 5.74) is 1.14. The van der Waals surface area contributed by atoms with Crippen molar-refractivity contribution in [2.24, 2.45) is 0 Å². The van der Waals surface area contributed by atoms with Crippen molar-refractivity contribution in [2.75, 3.05) is 0 Å². The third-order valence-electron chi connectivity index (χ3n) is 2.21. The van der Waals surface area contributed by atoms with E-state index in [-0.39, 0.29) is 0 Å². The monoisotopic (exact) mass is 208 g/mol. The number of hydrogen-bond donors (Lipinski definition) is 0. The van der Waals surface area contributed by atoms with E-state index >= 15 is 0 Å². The molecule has 1 aliphatic rings. The van der Waals surface area contributed by atoms with Crippen LogP contribution < -0.4 is 0 Å². The topological polar surface area (TPSA) is 34.1 Å². The minimum absolute atomic E-state index is 0.571. The van der Waals surface area contributed by atoms with Crippen molar-refractivity contribution in [2.45, 2.75) is 37.9 Å². The van der Waals surface area contributed by atoms with Crippen LogP contribution in [-0.2, 0) is 9.05 Å². The molecule has 0 atom stereocenters. The molecule has 70 valence electrons. The number of hydrogen-bond acceptors (Lipinski definition) is 2. The maximum atomic E-state index is 11.1. The third-order valence-corrected chi connectivity index (χ3v) is 4.80. The molecule has 1 aliphatic carbocycles. The predicted octanol–water partition coefficient (Wildman–Crippen LogP) is 2.44. The fourth-order valence-corrected chi connectivity index (χ4v) is 2.60. The van der Waals surface area contributed by atoms with Gasteiger partial charge in [0.25, 0.3) is 0 Å². The fraction of sp³-hybridized carbons (Fsp3) is 0.750. The first-order valence-corrected chi connectivity index (χ1v) is 6.26. The fourth-order valence-electron chi connectivity index (χ4n) is 1.08. The van der Waals surface area contributed by atoms with Crippen LogP contribution in [0, 0.1) is 0 Å². The second-order valence-corrected chi connectivity index (χ2v) is 6.57. The lowest BCUT2D eigenvalue weighted by molar-refractivity contribution is 0.591. The van der Waals surface area contributed by atoms with E-state index in [4.69, 9.17) is 10.7 Å². The Bertz CT molecular complexity index is 295. The molecule has 0 saturated heterocycles. The van der Waals surface area contributed by atoms with Gasteiger partial charge in [-0.2, -0.15) is 0 Å². The largest absolute Gasteiger partial charge is 0.238 e. The zero-order valence-corrected chi connectivity index (χ0v) is 8.87. The molecule has 0 aromatic carbocycles. The molecule has 1 saturated carbocycles. The Morgan fingerprint density at radius 3 is 2.25 bits per heavy atom. The third kappa shape index (κ3) is 2.02. The molecule has 2 nitrogen and oxygen atoms in total. The van der Waals surface area contributed by atoms with Gasteiger partial charge < -0.3 is 0 Å². The summed E-state index contributed by atoms with van der Waals surface area (Å²) in [5.74, 6) is 0. The Morgan fingerprint density at radius 1 is 1.50 bits per heavy atom. The number of rotatable bonds is 3. The number of halogens is 1. The Balaban J connectivity index is 2.70. The molecule has 0 aromatic heterocycles. The first-order valence-electron chi connectivity index (χ1n) is 3.95. The van der Waals surface area contributed by atoms with E-state index in [1.165, 1.54) is 0 Å². The van der Waals surface area contributed by atoms with Gasteiger partial charge in [-0.3, -0.25) is 0 Å². The molecule has 0 aliphatic heterocycles. The van der Waals surface area contributed by atoms with Gasteiger partial charge in [-0.05, 0) is 33.1 Å². The summed E-state index contributed by atoms with van der Waals surface area (Å²) in [5, 5.41) is 0. The summed E-state index contributed by atoms with van der Waals surface area (Å²) in [7, 11) is 1.95. The van der Waals surface area contributed by atoms with Crippen molar-refractivity contribution >= 4 is 19.7 Å². The molecule has 0 radical (unpaired) electrons. The lowest BCUT2D eigenvalue weighted by atomic mass is 10.2.